The zero-order chi connectivity index (χ0) is 17.5. The molecular formula is C21H23ClN2O. The lowest BCUT2D eigenvalue weighted by Gasteiger charge is -2.31. The van der Waals surface area contributed by atoms with E-state index < -0.39 is 0 Å². The van der Waals surface area contributed by atoms with Gasteiger partial charge in [-0.15, -0.1) is 0 Å². The minimum absolute atomic E-state index is 0.0371. The second-order valence-corrected chi connectivity index (χ2v) is 6.81. The Kier molecular flexibility index (Phi) is 6.26. The van der Waals surface area contributed by atoms with Crippen LogP contribution in [0.1, 0.15) is 28.8 Å². The molecule has 1 heterocycles. The van der Waals surface area contributed by atoms with Crippen molar-refractivity contribution in [2.45, 2.75) is 18.9 Å². The molecule has 0 saturated carbocycles. The Morgan fingerprint density at radius 1 is 1.12 bits per heavy atom. The summed E-state index contributed by atoms with van der Waals surface area (Å²) in [6.45, 7) is 2.95. The van der Waals surface area contributed by atoms with Crippen LogP contribution in [-0.2, 0) is 0 Å². The predicted molar refractivity (Wildman–Crippen MR) is 104 cm³/mol. The minimum Gasteiger partial charge on any atom is -0.349 e. The molecule has 0 spiro atoms. The van der Waals surface area contributed by atoms with Crippen molar-refractivity contribution >= 4 is 23.6 Å². The Morgan fingerprint density at radius 2 is 1.88 bits per heavy atom. The van der Waals surface area contributed by atoms with Crippen LogP contribution in [0.2, 0.25) is 5.02 Å². The van der Waals surface area contributed by atoms with Gasteiger partial charge in [0, 0.05) is 36.3 Å². The molecule has 0 aliphatic carbocycles. The van der Waals surface area contributed by atoms with Gasteiger partial charge in [-0.05, 0) is 36.6 Å². The van der Waals surface area contributed by atoms with Gasteiger partial charge < -0.3 is 5.32 Å². The fourth-order valence-corrected chi connectivity index (χ4v) is 3.25. The maximum absolute atomic E-state index is 12.3. The molecular weight excluding hydrogens is 332 g/mol. The number of rotatable bonds is 5. The van der Waals surface area contributed by atoms with Crippen LogP contribution in [0.3, 0.4) is 0 Å². The maximum Gasteiger partial charge on any atom is 0.251 e. The molecule has 0 atom stereocenters. The van der Waals surface area contributed by atoms with E-state index in [1.165, 1.54) is 5.56 Å². The van der Waals surface area contributed by atoms with Crippen LogP contribution < -0.4 is 5.32 Å². The number of benzene rings is 2. The first kappa shape index (κ1) is 17.7. The molecule has 3 nitrogen and oxygen atoms in total. The SMILES string of the molecule is O=C(NC1CCN(C/C=C/c2ccccc2)CC1)c1cccc(Cl)c1. The molecule has 1 N–H and O–H groups in total. The quantitative estimate of drug-likeness (QED) is 0.870. The van der Waals surface area contributed by atoms with Crippen molar-refractivity contribution in [2.75, 3.05) is 19.6 Å². The van der Waals surface area contributed by atoms with E-state index >= 15 is 0 Å². The largest absolute Gasteiger partial charge is 0.349 e. The minimum atomic E-state index is -0.0371. The maximum atomic E-state index is 12.3. The van der Waals surface area contributed by atoms with Crippen molar-refractivity contribution in [1.29, 1.82) is 0 Å². The van der Waals surface area contributed by atoms with Gasteiger partial charge in [-0.3, -0.25) is 9.69 Å². The number of amides is 1. The third-order valence-corrected chi connectivity index (χ3v) is 4.72. The van der Waals surface area contributed by atoms with E-state index in [2.05, 4.69) is 34.5 Å². The van der Waals surface area contributed by atoms with Gasteiger partial charge in [-0.1, -0.05) is 60.2 Å². The highest BCUT2D eigenvalue weighted by atomic mass is 35.5. The topological polar surface area (TPSA) is 32.3 Å². The monoisotopic (exact) mass is 354 g/mol. The molecule has 0 aromatic heterocycles. The number of carbonyl (C=O) groups excluding carboxylic acids is 1. The van der Waals surface area contributed by atoms with Gasteiger partial charge in [0.1, 0.15) is 0 Å². The Balaban J connectivity index is 1.42. The number of halogens is 1. The van der Waals surface area contributed by atoms with Crippen LogP contribution in [0, 0.1) is 0 Å². The van der Waals surface area contributed by atoms with Crippen molar-refractivity contribution in [2.24, 2.45) is 0 Å². The molecule has 2 aromatic rings. The lowest BCUT2D eigenvalue weighted by molar-refractivity contribution is 0.0914. The second-order valence-electron chi connectivity index (χ2n) is 6.37. The zero-order valence-corrected chi connectivity index (χ0v) is 15.0. The van der Waals surface area contributed by atoms with E-state index in [-0.39, 0.29) is 11.9 Å². The van der Waals surface area contributed by atoms with E-state index in [1.54, 1.807) is 24.3 Å². The molecule has 25 heavy (non-hydrogen) atoms. The summed E-state index contributed by atoms with van der Waals surface area (Å²) in [6.07, 6.45) is 6.32. The van der Waals surface area contributed by atoms with Crippen molar-refractivity contribution < 1.29 is 4.79 Å². The molecule has 1 saturated heterocycles. The second kappa shape index (κ2) is 8.84. The van der Waals surface area contributed by atoms with E-state index in [9.17, 15) is 4.79 Å². The molecule has 1 fully saturated rings. The summed E-state index contributed by atoms with van der Waals surface area (Å²) in [5.74, 6) is -0.0371. The van der Waals surface area contributed by atoms with Crippen LogP contribution in [-0.4, -0.2) is 36.5 Å². The molecule has 0 radical (unpaired) electrons. The first-order valence-corrected chi connectivity index (χ1v) is 9.09. The first-order valence-electron chi connectivity index (χ1n) is 8.71. The number of carbonyl (C=O) groups is 1. The van der Waals surface area contributed by atoms with Crippen LogP contribution >= 0.6 is 11.6 Å². The van der Waals surface area contributed by atoms with Gasteiger partial charge >= 0.3 is 0 Å². The van der Waals surface area contributed by atoms with E-state index in [0.717, 1.165) is 32.5 Å². The number of hydrogen-bond donors (Lipinski definition) is 1. The molecule has 3 rings (SSSR count). The summed E-state index contributed by atoms with van der Waals surface area (Å²) in [6, 6.07) is 17.7. The molecule has 130 valence electrons. The highest BCUT2D eigenvalue weighted by Crippen LogP contribution is 2.14. The Morgan fingerprint density at radius 3 is 2.60 bits per heavy atom. The molecule has 2 aromatic carbocycles. The Hall–Kier alpha value is -2.10. The summed E-state index contributed by atoms with van der Waals surface area (Å²) < 4.78 is 0. The normalized spacial score (nSPS) is 16.2. The van der Waals surface area contributed by atoms with Crippen molar-refractivity contribution in [3.05, 3.63) is 76.8 Å². The van der Waals surface area contributed by atoms with Crippen molar-refractivity contribution in [3.8, 4) is 0 Å². The lowest BCUT2D eigenvalue weighted by Crippen LogP contribution is -2.44. The van der Waals surface area contributed by atoms with E-state index in [4.69, 9.17) is 11.6 Å². The van der Waals surface area contributed by atoms with Gasteiger partial charge in [0.05, 0.1) is 0 Å². The van der Waals surface area contributed by atoms with E-state index in [0.29, 0.717) is 10.6 Å². The highest BCUT2D eigenvalue weighted by molar-refractivity contribution is 6.30. The average molecular weight is 355 g/mol. The van der Waals surface area contributed by atoms with Crippen molar-refractivity contribution in [3.63, 3.8) is 0 Å². The number of likely N-dealkylation sites (tertiary alicyclic amines) is 1. The van der Waals surface area contributed by atoms with Crippen LogP contribution in [0.25, 0.3) is 6.08 Å². The molecule has 1 aliphatic rings. The van der Waals surface area contributed by atoms with Crippen LogP contribution in [0.4, 0.5) is 0 Å². The van der Waals surface area contributed by atoms with Crippen molar-refractivity contribution in [1.82, 2.24) is 10.2 Å². The number of piperidine rings is 1. The number of nitrogens with zero attached hydrogens (tertiary/aromatic N) is 1. The van der Waals surface area contributed by atoms with Gasteiger partial charge in [0.25, 0.3) is 5.91 Å². The summed E-state index contributed by atoms with van der Waals surface area (Å²) in [5, 5.41) is 3.71. The van der Waals surface area contributed by atoms with Gasteiger partial charge in [0.15, 0.2) is 0 Å². The summed E-state index contributed by atoms with van der Waals surface area (Å²) in [4.78, 5) is 14.7. The lowest BCUT2D eigenvalue weighted by atomic mass is 10.0. The smallest absolute Gasteiger partial charge is 0.251 e. The Labute approximate surface area is 154 Å². The standard InChI is InChI=1S/C21H23ClN2O/c22-19-10-4-9-18(16-19)21(25)23-20-11-14-24(15-12-20)13-5-8-17-6-2-1-3-7-17/h1-10,16,20H,11-15H2,(H,23,25)/b8-5+. The number of nitrogens with one attached hydrogen (secondary N) is 1. The molecule has 0 bridgehead atoms. The molecule has 0 unspecified atom stereocenters. The van der Waals surface area contributed by atoms with Gasteiger partial charge in [-0.2, -0.15) is 0 Å². The fourth-order valence-electron chi connectivity index (χ4n) is 3.06. The molecule has 1 aliphatic heterocycles. The van der Waals surface area contributed by atoms with E-state index in [1.807, 2.05) is 18.2 Å². The highest BCUT2D eigenvalue weighted by Gasteiger charge is 2.20. The predicted octanol–water partition coefficient (Wildman–Crippen LogP) is 4.25. The summed E-state index contributed by atoms with van der Waals surface area (Å²) in [7, 11) is 0. The average Bonchev–Trinajstić information content (AvgIpc) is 2.64. The first-order chi connectivity index (χ1) is 12.2. The van der Waals surface area contributed by atoms with Gasteiger partial charge in [-0.25, -0.2) is 0 Å². The summed E-state index contributed by atoms with van der Waals surface area (Å²) >= 11 is 5.95. The fraction of sp³-hybridized carbons (Fsp3) is 0.286. The third kappa shape index (κ3) is 5.45. The van der Waals surface area contributed by atoms with Crippen LogP contribution in [0.5, 0.6) is 0 Å². The van der Waals surface area contributed by atoms with Gasteiger partial charge in [0.2, 0.25) is 0 Å². The Bertz CT molecular complexity index is 722. The van der Waals surface area contributed by atoms with Crippen LogP contribution in [0.15, 0.2) is 60.7 Å². The zero-order valence-electron chi connectivity index (χ0n) is 14.2. The summed E-state index contributed by atoms with van der Waals surface area (Å²) in [5.41, 5.74) is 1.85. The molecule has 1 amide bonds. The third-order valence-electron chi connectivity index (χ3n) is 4.48. The molecule has 4 heteroatoms. The number of hydrogen-bond acceptors (Lipinski definition) is 2.